The van der Waals surface area contributed by atoms with E-state index in [1.165, 1.54) is 11.0 Å². The summed E-state index contributed by atoms with van der Waals surface area (Å²) in [5.41, 5.74) is 0.667. The van der Waals surface area contributed by atoms with E-state index in [2.05, 4.69) is 10.0 Å². The number of nitrogens with one attached hydrogen (secondary N) is 2. The van der Waals surface area contributed by atoms with Crippen molar-refractivity contribution in [2.24, 2.45) is 11.8 Å². The highest BCUT2D eigenvalue weighted by Gasteiger charge is 2.27. The Bertz CT molecular complexity index is 933. The summed E-state index contributed by atoms with van der Waals surface area (Å²) in [7, 11) is -3.56. The lowest BCUT2D eigenvalue weighted by Crippen LogP contribution is -2.33. The highest BCUT2D eigenvalue weighted by Crippen LogP contribution is 2.32. The molecular weight excluding hydrogens is 437 g/mol. The Kier molecular flexibility index (Phi) is 8.10. The molecule has 1 aromatic carbocycles. The van der Waals surface area contributed by atoms with Gasteiger partial charge in [-0.1, -0.05) is 26.3 Å². The van der Waals surface area contributed by atoms with Gasteiger partial charge in [0.15, 0.2) is 11.6 Å². The molecule has 0 bridgehead atoms. The van der Waals surface area contributed by atoms with Crippen LogP contribution in [0.1, 0.15) is 57.6 Å². The Hall–Kier alpha value is -2.20. The van der Waals surface area contributed by atoms with Crippen LogP contribution in [0.3, 0.4) is 0 Å². The molecule has 1 heterocycles. The lowest BCUT2D eigenvalue weighted by Gasteiger charge is -2.23. The molecule has 1 unspecified atom stereocenters. The molecule has 10 heteroatoms. The van der Waals surface area contributed by atoms with Gasteiger partial charge in [0.05, 0.1) is 12.4 Å². The van der Waals surface area contributed by atoms with Gasteiger partial charge in [-0.25, -0.2) is 22.3 Å². The van der Waals surface area contributed by atoms with Crippen LogP contribution in [0.5, 0.6) is 5.75 Å². The molecule has 2 fully saturated rings. The summed E-state index contributed by atoms with van der Waals surface area (Å²) in [6.07, 6.45) is 3.85. The first kappa shape index (κ1) is 24.4. The number of carbonyl (C=O) groups excluding carboxylic acids is 2. The maximum atomic E-state index is 14.1. The minimum atomic E-state index is -3.56. The van der Waals surface area contributed by atoms with Gasteiger partial charge < -0.3 is 9.64 Å². The van der Waals surface area contributed by atoms with E-state index in [0.717, 1.165) is 12.8 Å². The van der Waals surface area contributed by atoms with Crippen LogP contribution in [0.15, 0.2) is 18.2 Å². The van der Waals surface area contributed by atoms with E-state index >= 15 is 0 Å². The van der Waals surface area contributed by atoms with Crippen LogP contribution in [-0.2, 0) is 14.8 Å². The van der Waals surface area contributed by atoms with Crippen molar-refractivity contribution in [3.05, 3.63) is 29.6 Å². The molecule has 1 aliphatic heterocycles. The summed E-state index contributed by atoms with van der Waals surface area (Å²) in [6, 6.07) is 3.61. The second-order valence-corrected chi connectivity index (χ2v) is 10.8. The number of rotatable bonds is 13. The van der Waals surface area contributed by atoms with Gasteiger partial charge in [0, 0.05) is 12.6 Å². The van der Waals surface area contributed by atoms with Crippen LogP contribution in [0.2, 0.25) is 0 Å². The molecule has 0 radical (unpaired) electrons. The Morgan fingerprint density at radius 2 is 1.97 bits per heavy atom. The fourth-order valence-electron chi connectivity index (χ4n) is 3.59. The van der Waals surface area contributed by atoms with Gasteiger partial charge in [-0.2, -0.15) is 0 Å². The van der Waals surface area contributed by atoms with Crippen LogP contribution < -0.4 is 14.8 Å². The van der Waals surface area contributed by atoms with Crippen LogP contribution in [0.4, 0.5) is 9.18 Å². The number of benzene rings is 1. The number of hydrogen-bond donors (Lipinski definition) is 2. The number of nitrogens with zero attached hydrogens (tertiary/aromatic N) is 1. The molecular formula is C22H32FN3O5S. The van der Waals surface area contributed by atoms with Crippen molar-refractivity contribution in [2.45, 2.75) is 52.0 Å². The standard InChI is InChI=1S/C22H32FN3O5S/c1-15(2)21(17-8-9-18(23)19(12-17)31-14-16-6-7-16)25-32(29,30)11-5-3-4-10-26-13-20(27)24-22(26)28/h8-9,12,15-16,21,25H,3-7,10-11,13-14H2,1-2H3,(H,24,27,28). The van der Waals surface area contributed by atoms with Gasteiger partial charge in [-0.05, 0) is 55.2 Å². The van der Waals surface area contributed by atoms with E-state index in [-0.39, 0.29) is 29.9 Å². The summed E-state index contributed by atoms with van der Waals surface area (Å²) < 4.78 is 47.8. The number of hydrogen-bond acceptors (Lipinski definition) is 5. The Morgan fingerprint density at radius 1 is 1.22 bits per heavy atom. The molecule has 2 N–H and O–H groups in total. The SMILES string of the molecule is CC(C)C(NS(=O)(=O)CCCCCN1CC(=O)NC1=O)c1ccc(F)c(OCC2CC2)c1. The molecule has 1 saturated carbocycles. The van der Waals surface area contributed by atoms with Gasteiger partial charge in [0.2, 0.25) is 15.9 Å². The first-order valence-electron chi connectivity index (χ1n) is 11.2. The van der Waals surface area contributed by atoms with Gasteiger partial charge in [-0.15, -0.1) is 0 Å². The van der Waals surface area contributed by atoms with E-state index in [1.807, 2.05) is 13.8 Å². The van der Waals surface area contributed by atoms with Gasteiger partial charge in [-0.3, -0.25) is 10.1 Å². The summed E-state index contributed by atoms with van der Waals surface area (Å²) in [4.78, 5) is 24.1. The topological polar surface area (TPSA) is 105 Å². The monoisotopic (exact) mass is 469 g/mol. The van der Waals surface area contributed by atoms with Crippen LogP contribution >= 0.6 is 0 Å². The zero-order chi connectivity index (χ0) is 23.3. The molecule has 1 aliphatic carbocycles. The smallest absolute Gasteiger partial charge is 0.324 e. The number of ether oxygens (including phenoxy) is 1. The van der Waals surface area contributed by atoms with Crippen LogP contribution in [0.25, 0.3) is 0 Å². The molecule has 1 aromatic rings. The number of carbonyl (C=O) groups is 2. The number of sulfonamides is 1. The molecule has 178 valence electrons. The van der Waals surface area contributed by atoms with Gasteiger partial charge in [0.25, 0.3) is 0 Å². The number of unbranched alkanes of at least 4 members (excludes halogenated alkanes) is 2. The molecule has 3 amide bonds. The third-order valence-electron chi connectivity index (χ3n) is 5.67. The summed E-state index contributed by atoms with van der Waals surface area (Å²) in [5.74, 6) is -0.219. The van der Waals surface area contributed by atoms with Crippen molar-refractivity contribution < 1.29 is 27.1 Å². The maximum absolute atomic E-state index is 14.1. The lowest BCUT2D eigenvalue weighted by molar-refractivity contribution is -0.118. The summed E-state index contributed by atoms with van der Waals surface area (Å²) in [5, 5.41) is 2.21. The fraction of sp³-hybridized carbons (Fsp3) is 0.636. The average molecular weight is 470 g/mol. The molecule has 1 atom stereocenters. The Morgan fingerprint density at radius 3 is 2.59 bits per heavy atom. The number of urea groups is 1. The minimum Gasteiger partial charge on any atom is -0.490 e. The van der Waals surface area contributed by atoms with E-state index in [0.29, 0.717) is 43.9 Å². The lowest BCUT2D eigenvalue weighted by atomic mass is 9.97. The third-order valence-corrected chi connectivity index (χ3v) is 7.11. The summed E-state index contributed by atoms with van der Waals surface area (Å²) in [6.45, 7) is 4.76. The van der Waals surface area contributed by atoms with E-state index in [4.69, 9.17) is 4.74 Å². The van der Waals surface area contributed by atoms with Crippen molar-refractivity contribution in [2.75, 3.05) is 25.4 Å². The second-order valence-electron chi connectivity index (χ2n) is 8.94. The van der Waals surface area contributed by atoms with Crippen molar-refractivity contribution >= 4 is 22.0 Å². The quantitative estimate of drug-likeness (QED) is 0.341. The molecule has 32 heavy (non-hydrogen) atoms. The molecule has 0 spiro atoms. The zero-order valence-corrected chi connectivity index (χ0v) is 19.4. The van der Waals surface area contributed by atoms with Crippen molar-refractivity contribution in [1.29, 1.82) is 0 Å². The summed E-state index contributed by atoms with van der Waals surface area (Å²) >= 11 is 0. The van der Waals surface area contributed by atoms with Gasteiger partial charge >= 0.3 is 6.03 Å². The van der Waals surface area contributed by atoms with Crippen molar-refractivity contribution in [1.82, 2.24) is 14.9 Å². The molecule has 0 aromatic heterocycles. The first-order valence-corrected chi connectivity index (χ1v) is 12.8. The first-order chi connectivity index (χ1) is 15.1. The molecule has 1 saturated heterocycles. The Balaban J connectivity index is 1.51. The Labute approximate surface area is 188 Å². The highest BCUT2D eigenvalue weighted by molar-refractivity contribution is 7.89. The van der Waals surface area contributed by atoms with E-state index < -0.39 is 27.9 Å². The van der Waals surface area contributed by atoms with Crippen molar-refractivity contribution in [3.63, 3.8) is 0 Å². The van der Waals surface area contributed by atoms with Crippen LogP contribution in [0, 0.1) is 17.7 Å². The van der Waals surface area contributed by atoms with E-state index in [9.17, 15) is 22.4 Å². The number of halogens is 1. The van der Waals surface area contributed by atoms with E-state index in [1.54, 1.807) is 12.1 Å². The third kappa shape index (κ3) is 7.16. The average Bonchev–Trinajstić information content (AvgIpc) is 3.49. The fourth-order valence-corrected chi connectivity index (χ4v) is 5.09. The highest BCUT2D eigenvalue weighted by atomic mass is 32.2. The number of amides is 3. The predicted molar refractivity (Wildman–Crippen MR) is 118 cm³/mol. The predicted octanol–water partition coefficient (Wildman–Crippen LogP) is 2.95. The zero-order valence-electron chi connectivity index (χ0n) is 18.6. The number of imide groups is 1. The van der Waals surface area contributed by atoms with Crippen molar-refractivity contribution in [3.8, 4) is 5.75 Å². The van der Waals surface area contributed by atoms with Gasteiger partial charge in [0.1, 0.15) is 6.54 Å². The molecule has 3 rings (SSSR count). The largest absolute Gasteiger partial charge is 0.490 e. The minimum absolute atomic E-state index is 0.0438. The molecule has 2 aliphatic rings. The second kappa shape index (κ2) is 10.6. The molecule has 8 nitrogen and oxygen atoms in total. The van der Waals surface area contributed by atoms with Crippen LogP contribution in [-0.4, -0.2) is 50.7 Å². The maximum Gasteiger partial charge on any atom is 0.324 e. The normalized spacial score (nSPS) is 17.7.